The third-order valence-corrected chi connectivity index (χ3v) is 7.02. The first-order chi connectivity index (χ1) is 15.3. The lowest BCUT2D eigenvalue weighted by Gasteiger charge is -2.23. The van der Waals surface area contributed by atoms with Crippen molar-refractivity contribution in [2.24, 2.45) is 0 Å². The van der Waals surface area contributed by atoms with Crippen molar-refractivity contribution in [3.8, 4) is 0 Å². The molecule has 0 radical (unpaired) electrons. The fraction of sp³-hybridized carbons (Fsp3) is 0.208. The van der Waals surface area contributed by atoms with E-state index in [1.807, 2.05) is 19.1 Å². The number of benzene rings is 3. The third-order valence-electron chi connectivity index (χ3n) is 4.94. The van der Waals surface area contributed by atoms with E-state index in [9.17, 15) is 13.2 Å². The lowest BCUT2D eigenvalue weighted by Crippen LogP contribution is -2.38. The van der Waals surface area contributed by atoms with Crippen LogP contribution in [0.1, 0.15) is 35.2 Å². The summed E-state index contributed by atoms with van der Waals surface area (Å²) in [5.74, 6) is -0.293. The maximum absolute atomic E-state index is 12.8. The molecule has 2 atom stereocenters. The Labute approximate surface area is 198 Å². The Morgan fingerprint density at radius 1 is 0.938 bits per heavy atom. The molecule has 32 heavy (non-hydrogen) atoms. The number of rotatable bonds is 10. The number of hydrogen-bond acceptors (Lipinski definition) is 5. The fourth-order valence-electron chi connectivity index (χ4n) is 3.16. The molecule has 0 saturated carbocycles. The summed E-state index contributed by atoms with van der Waals surface area (Å²) in [6, 6.07) is 21.9. The molecule has 0 aromatic heterocycles. The highest BCUT2D eigenvalue weighted by molar-refractivity contribution is 7.86. The summed E-state index contributed by atoms with van der Waals surface area (Å²) in [6.45, 7) is 1.85. The van der Waals surface area contributed by atoms with Gasteiger partial charge in [-0.15, -0.1) is 0 Å². The van der Waals surface area contributed by atoms with E-state index < -0.39 is 16.3 Å². The number of halogens is 2. The molecule has 0 spiro atoms. The molecule has 0 saturated heterocycles. The molecule has 3 aromatic rings. The Morgan fingerprint density at radius 2 is 1.56 bits per heavy atom. The second-order valence-electron chi connectivity index (χ2n) is 7.33. The number of ketones is 1. The Bertz CT molecular complexity index is 1160. The standard InChI is InChI=1S/C24H23Cl2NO4S/c1-17(19-12-13-21(25)22(26)15-19)14-24(27-16-23(28)18-8-4-2-5-9-18)31-32(29,30)20-10-6-3-7-11-20/h2-13,15,17,24,27H,14,16H2,1H3. The van der Waals surface area contributed by atoms with Crippen LogP contribution in [-0.4, -0.2) is 27.0 Å². The number of carbonyl (C=O) groups excluding carboxylic acids is 1. The van der Waals surface area contributed by atoms with Crippen molar-refractivity contribution < 1.29 is 17.4 Å². The number of carbonyl (C=O) groups is 1. The average molecular weight is 492 g/mol. The summed E-state index contributed by atoms with van der Waals surface area (Å²) in [6.07, 6.45) is -0.649. The molecule has 168 valence electrons. The van der Waals surface area contributed by atoms with Gasteiger partial charge in [0, 0.05) is 5.56 Å². The fourth-order valence-corrected chi connectivity index (χ4v) is 4.52. The molecule has 5 nitrogen and oxygen atoms in total. The largest absolute Gasteiger partial charge is 0.298 e. The van der Waals surface area contributed by atoms with Crippen LogP contribution in [0.4, 0.5) is 0 Å². The molecule has 2 unspecified atom stereocenters. The van der Waals surface area contributed by atoms with Crippen molar-refractivity contribution in [2.45, 2.75) is 30.4 Å². The van der Waals surface area contributed by atoms with Gasteiger partial charge in [0.1, 0.15) is 6.23 Å². The summed E-state index contributed by atoms with van der Waals surface area (Å²) in [4.78, 5) is 12.6. The zero-order valence-electron chi connectivity index (χ0n) is 17.4. The van der Waals surface area contributed by atoms with Crippen molar-refractivity contribution in [3.63, 3.8) is 0 Å². The minimum Gasteiger partial charge on any atom is -0.293 e. The van der Waals surface area contributed by atoms with E-state index in [1.165, 1.54) is 12.1 Å². The Kier molecular flexibility index (Phi) is 8.45. The second-order valence-corrected chi connectivity index (χ2v) is 9.72. The highest BCUT2D eigenvalue weighted by Gasteiger charge is 2.25. The number of Topliss-reactive ketones (excluding diaryl/α,β-unsaturated/α-hetero) is 1. The third kappa shape index (κ3) is 6.64. The van der Waals surface area contributed by atoms with E-state index in [4.69, 9.17) is 27.4 Å². The van der Waals surface area contributed by atoms with E-state index in [0.29, 0.717) is 15.6 Å². The van der Waals surface area contributed by atoms with Crippen molar-refractivity contribution in [1.29, 1.82) is 0 Å². The van der Waals surface area contributed by atoms with Gasteiger partial charge in [-0.25, -0.2) is 4.18 Å². The predicted molar refractivity (Wildman–Crippen MR) is 127 cm³/mol. The van der Waals surface area contributed by atoms with Crippen molar-refractivity contribution in [1.82, 2.24) is 5.32 Å². The molecule has 1 N–H and O–H groups in total. The zero-order chi connectivity index (χ0) is 23.1. The Balaban J connectivity index is 1.78. The molecular weight excluding hydrogens is 469 g/mol. The molecule has 0 heterocycles. The number of hydrogen-bond donors (Lipinski definition) is 1. The van der Waals surface area contributed by atoms with Crippen LogP contribution in [0, 0.1) is 0 Å². The van der Waals surface area contributed by atoms with Gasteiger partial charge < -0.3 is 0 Å². The van der Waals surface area contributed by atoms with Gasteiger partial charge in [0.05, 0.1) is 21.5 Å². The van der Waals surface area contributed by atoms with E-state index in [2.05, 4.69) is 5.32 Å². The van der Waals surface area contributed by atoms with Crippen LogP contribution < -0.4 is 5.32 Å². The molecule has 3 rings (SSSR count). The smallest absolute Gasteiger partial charge is 0.293 e. The van der Waals surface area contributed by atoms with Crippen LogP contribution in [0.15, 0.2) is 83.8 Å². The first kappa shape index (κ1) is 24.4. The van der Waals surface area contributed by atoms with E-state index in [0.717, 1.165) is 5.56 Å². The van der Waals surface area contributed by atoms with Crippen LogP contribution in [-0.2, 0) is 14.3 Å². The van der Waals surface area contributed by atoms with Crippen LogP contribution in [0.25, 0.3) is 0 Å². The lowest BCUT2D eigenvalue weighted by atomic mass is 9.97. The number of nitrogens with one attached hydrogen (secondary N) is 1. The molecule has 8 heteroatoms. The van der Waals surface area contributed by atoms with Gasteiger partial charge in [0.2, 0.25) is 0 Å². The predicted octanol–water partition coefficient (Wildman–Crippen LogP) is 5.69. The summed E-state index contributed by atoms with van der Waals surface area (Å²) >= 11 is 12.1. The quantitative estimate of drug-likeness (QED) is 0.224. The molecule has 0 aliphatic rings. The van der Waals surface area contributed by atoms with E-state index in [1.54, 1.807) is 54.6 Å². The minimum absolute atomic E-state index is 0.0448. The summed E-state index contributed by atoms with van der Waals surface area (Å²) in [5, 5.41) is 3.81. The zero-order valence-corrected chi connectivity index (χ0v) is 19.7. The molecule has 0 aliphatic carbocycles. The summed E-state index contributed by atoms with van der Waals surface area (Å²) in [5.41, 5.74) is 1.41. The van der Waals surface area contributed by atoms with Crippen LogP contribution >= 0.6 is 23.2 Å². The van der Waals surface area contributed by atoms with Crippen LogP contribution in [0.3, 0.4) is 0 Å². The van der Waals surface area contributed by atoms with E-state index in [-0.39, 0.29) is 29.6 Å². The molecular formula is C24H23Cl2NO4S. The highest BCUT2D eigenvalue weighted by atomic mass is 35.5. The van der Waals surface area contributed by atoms with Crippen LogP contribution in [0.5, 0.6) is 0 Å². The van der Waals surface area contributed by atoms with Gasteiger partial charge in [0.15, 0.2) is 5.78 Å². The molecule has 0 fully saturated rings. The topological polar surface area (TPSA) is 72.5 Å². The SMILES string of the molecule is CC(CC(NCC(=O)c1ccccc1)OS(=O)(=O)c1ccccc1)c1ccc(Cl)c(Cl)c1. The lowest BCUT2D eigenvalue weighted by molar-refractivity contribution is 0.0942. The van der Waals surface area contributed by atoms with Gasteiger partial charge in [-0.3, -0.25) is 10.1 Å². The first-order valence-corrected chi connectivity index (χ1v) is 12.2. The molecule has 3 aromatic carbocycles. The average Bonchev–Trinajstić information content (AvgIpc) is 2.80. The Morgan fingerprint density at radius 3 is 2.19 bits per heavy atom. The Hall–Kier alpha value is -2.22. The van der Waals surface area contributed by atoms with Gasteiger partial charge in [0.25, 0.3) is 10.1 Å². The monoisotopic (exact) mass is 491 g/mol. The molecule has 0 aliphatic heterocycles. The normalized spacial score (nSPS) is 13.5. The molecule has 0 amide bonds. The van der Waals surface area contributed by atoms with E-state index >= 15 is 0 Å². The van der Waals surface area contributed by atoms with Crippen molar-refractivity contribution in [2.75, 3.05) is 6.54 Å². The maximum atomic E-state index is 12.8. The van der Waals surface area contributed by atoms with Gasteiger partial charge in [-0.1, -0.05) is 84.7 Å². The maximum Gasteiger partial charge on any atom is 0.298 e. The van der Waals surface area contributed by atoms with Gasteiger partial charge in [-0.2, -0.15) is 8.42 Å². The highest BCUT2D eigenvalue weighted by Crippen LogP contribution is 2.29. The summed E-state index contributed by atoms with van der Waals surface area (Å²) < 4.78 is 31.1. The van der Waals surface area contributed by atoms with Gasteiger partial charge in [-0.05, 0) is 42.2 Å². The van der Waals surface area contributed by atoms with Crippen molar-refractivity contribution >= 4 is 39.1 Å². The van der Waals surface area contributed by atoms with Gasteiger partial charge >= 0.3 is 0 Å². The first-order valence-electron chi connectivity index (χ1n) is 10.0. The summed E-state index contributed by atoms with van der Waals surface area (Å²) in [7, 11) is -4.04. The van der Waals surface area contributed by atoms with Crippen LogP contribution in [0.2, 0.25) is 10.0 Å². The second kappa shape index (κ2) is 11.1. The van der Waals surface area contributed by atoms with Crippen molar-refractivity contribution in [3.05, 3.63) is 100 Å². The molecule has 0 bridgehead atoms. The minimum atomic E-state index is -4.04.